The fourth-order valence-corrected chi connectivity index (χ4v) is 2.35. The molecule has 0 aromatic heterocycles. The molecular formula is C17H13ClN2O2. The first-order valence-electron chi connectivity index (χ1n) is 6.78. The zero-order valence-electron chi connectivity index (χ0n) is 11.6. The maximum atomic E-state index is 12.4. The molecule has 2 aromatic carbocycles. The van der Waals surface area contributed by atoms with Crippen molar-refractivity contribution in [1.82, 2.24) is 5.32 Å². The molecule has 0 bridgehead atoms. The number of halogens is 1. The third-order valence-corrected chi connectivity index (χ3v) is 3.58. The summed E-state index contributed by atoms with van der Waals surface area (Å²) in [7, 11) is 0. The van der Waals surface area contributed by atoms with E-state index in [0.717, 1.165) is 10.5 Å². The number of nitrogens with one attached hydrogen (secondary N) is 1. The van der Waals surface area contributed by atoms with Crippen molar-refractivity contribution < 1.29 is 9.59 Å². The number of hydrogen-bond acceptors (Lipinski definition) is 3. The molecule has 0 unspecified atom stereocenters. The van der Waals surface area contributed by atoms with E-state index >= 15 is 0 Å². The summed E-state index contributed by atoms with van der Waals surface area (Å²) >= 11 is 5.82. The quantitative estimate of drug-likeness (QED) is 0.883. The summed E-state index contributed by atoms with van der Waals surface area (Å²) in [5, 5.41) is 3.57. The third-order valence-electron chi connectivity index (χ3n) is 3.33. The molecule has 110 valence electrons. The molecule has 0 atom stereocenters. The minimum atomic E-state index is -0.358. The number of amides is 2. The van der Waals surface area contributed by atoms with E-state index in [4.69, 9.17) is 11.6 Å². The molecule has 0 saturated carbocycles. The van der Waals surface area contributed by atoms with Gasteiger partial charge in [-0.05, 0) is 29.8 Å². The van der Waals surface area contributed by atoms with Crippen LogP contribution in [0.5, 0.6) is 0 Å². The third kappa shape index (κ3) is 2.87. The second-order valence-corrected chi connectivity index (χ2v) is 5.29. The summed E-state index contributed by atoms with van der Waals surface area (Å²) in [5.74, 6) is -0.717. The molecular weight excluding hydrogens is 300 g/mol. The number of rotatable bonds is 4. The summed E-state index contributed by atoms with van der Waals surface area (Å²) < 4.78 is 0. The summed E-state index contributed by atoms with van der Waals surface area (Å²) in [6.45, 7) is 0.486. The molecule has 0 fully saturated rings. The molecule has 3 rings (SSSR count). The highest BCUT2D eigenvalue weighted by atomic mass is 35.5. The Morgan fingerprint density at radius 3 is 2.32 bits per heavy atom. The number of nitrogens with zero attached hydrogens (tertiary/aromatic N) is 1. The normalized spacial score (nSPS) is 14.2. The first-order valence-corrected chi connectivity index (χ1v) is 7.16. The van der Waals surface area contributed by atoms with Crippen molar-refractivity contribution in [2.45, 2.75) is 6.54 Å². The molecule has 0 spiro atoms. The van der Waals surface area contributed by atoms with Crippen molar-refractivity contribution in [3.8, 4) is 0 Å². The molecule has 5 heteroatoms. The number of anilines is 1. The van der Waals surface area contributed by atoms with Crippen LogP contribution in [-0.4, -0.2) is 11.8 Å². The summed E-state index contributed by atoms with van der Waals surface area (Å²) in [5.41, 5.74) is 1.84. The van der Waals surface area contributed by atoms with E-state index in [1.807, 2.05) is 30.3 Å². The molecule has 1 aliphatic rings. The largest absolute Gasteiger partial charge is 0.376 e. The first-order chi connectivity index (χ1) is 10.6. The van der Waals surface area contributed by atoms with Gasteiger partial charge in [0.25, 0.3) is 11.8 Å². The minimum absolute atomic E-state index is 0.295. The molecule has 1 aliphatic heterocycles. The lowest BCUT2D eigenvalue weighted by Gasteiger charge is -2.15. The molecule has 0 aliphatic carbocycles. The molecule has 22 heavy (non-hydrogen) atoms. The van der Waals surface area contributed by atoms with E-state index in [-0.39, 0.29) is 11.8 Å². The Hall–Kier alpha value is -2.59. The van der Waals surface area contributed by atoms with Crippen LogP contribution in [0.1, 0.15) is 5.56 Å². The SMILES string of the molecule is O=C1C=C(NCc2ccccc2)C(=O)N1c1ccc(Cl)cc1. The Morgan fingerprint density at radius 2 is 1.64 bits per heavy atom. The second kappa shape index (κ2) is 6.03. The molecule has 4 nitrogen and oxygen atoms in total. The first kappa shape index (κ1) is 14.4. The summed E-state index contributed by atoms with van der Waals surface area (Å²) in [6.07, 6.45) is 1.32. The average molecular weight is 313 g/mol. The van der Waals surface area contributed by atoms with Crippen LogP contribution in [0.2, 0.25) is 5.02 Å². The monoisotopic (exact) mass is 312 g/mol. The van der Waals surface area contributed by atoms with Crippen LogP contribution < -0.4 is 10.2 Å². The van der Waals surface area contributed by atoms with Gasteiger partial charge in [0.2, 0.25) is 0 Å². The maximum absolute atomic E-state index is 12.4. The van der Waals surface area contributed by atoms with Crippen LogP contribution in [0.3, 0.4) is 0 Å². The lowest BCUT2D eigenvalue weighted by molar-refractivity contribution is -0.120. The maximum Gasteiger partial charge on any atom is 0.281 e. The van der Waals surface area contributed by atoms with Gasteiger partial charge in [-0.2, -0.15) is 0 Å². The second-order valence-electron chi connectivity index (χ2n) is 4.85. The van der Waals surface area contributed by atoms with E-state index in [9.17, 15) is 9.59 Å². The zero-order valence-corrected chi connectivity index (χ0v) is 12.4. The molecule has 2 aromatic rings. The number of hydrogen-bond donors (Lipinski definition) is 1. The fourth-order valence-electron chi connectivity index (χ4n) is 2.22. The van der Waals surface area contributed by atoms with E-state index in [2.05, 4.69) is 5.32 Å². The molecule has 2 amide bonds. The van der Waals surface area contributed by atoms with Crippen LogP contribution in [-0.2, 0) is 16.1 Å². The van der Waals surface area contributed by atoms with Crippen LogP contribution in [0.4, 0.5) is 5.69 Å². The molecule has 0 radical (unpaired) electrons. The topological polar surface area (TPSA) is 49.4 Å². The van der Waals surface area contributed by atoms with Crippen molar-refractivity contribution in [2.75, 3.05) is 4.90 Å². The van der Waals surface area contributed by atoms with Crippen molar-refractivity contribution in [2.24, 2.45) is 0 Å². The Balaban J connectivity index is 1.73. The zero-order chi connectivity index (χ0) is 15.5. The lowest BCUT2D eigenvalue weighted by Crippen LogP contribution is -2.33. The Labute approximate surface area is 133 Å². The van der Waals surface area contributed by atoms with Crippen LogP contribution >= 0.6 is 11.6 Å². The van der Waals surface area contributed by atoms with Gasteiger partial charge in [0.05, 0.1) is 5.69 Å². The highest BCUT2D eigenvalue weighted by Crippen LogP contribution is 2.23. The molecule has 1 heterocycles. The molecule has 1 N–H and O–H groups in total. The van der Waals surface area contributed by atoms with Crippen LogP contribution in [0.25, 0.3) is 0 Å². The van der Waals surface area contributed by atoms with Gasteiger partial charge in [-0.25, -0.2) is 4.90 Å². The smallest absolute Gasteiger partial charge is 0.281 e. The Bertz CT molecular complexity index is 739. The van der Waals surface area contributed by atoms with Gasteiger partial charge in [-0.3, -0.25) is 9.59 Å². The van der Waals surface area contributed by atoms with Crippen molar-refractivity contribution in [1.29, 1.82) is 0 Å². The van der Waals surface area contributed by atoms with E-state index < -0.39 is 0 Å². The summed E-state index contributed by atoms with van der Waals surface area (Å²) in [4.78, 5) is 25.5. The predicted octanol–water partition coefficient (Wildman–Crippen LogP) is 2.89. The lowest BCUT2D eigenvalue weighted by atomic mass is 10.2. The van der Waals surface area contributed by atoms with Crippen LogP contribution in [0.15, 0.2) is 66.4 Å². The van der Waals surface area contributed by atoms with Crippen molar-refractivity contribution >= 4 is 29.1 Å². The highest BCUT2D eigenvalue weighted by molar-refractivity contribution is 6.32. The van der Waals surface area contributed by atoms with Gasteiger partial charge in [-0.15, -0.1) is 0 Å². The predicted molar refractivity (Wildman–Crippen MR) is 85.3 cm³/mol. The van der Waals surface area contributed by atoms with Crippen molar-refractivity contribution in [3.05, 3.63) is 77.0 Å². The van der Waals surface area contributed by atoms with Gasteiger partial charge in [0.15, 0.2) is 0 Å². The standard InChI is InChI=1S/C17H13ClN2O2/c18-13-6-8-14(9-7-13)20-16(21)10-15(17(20)22)19-11-12-4-2-1-3-5-12/h1-10,19H,11H2. The van der Waals surface area contributed by atoms with Crippen LogP contribution in [0, 0.1) is 0 Å². The van der Waals surface area contributed by atoms with Gasteiger partial charge < -0.3 is 5.32 Å². The van der Waals surface area contributed by atoms with Gasteiger partial charge >= 0.3 is 0 Å². The van der Waals surface area contributed by atoms with Crippen molar-refractivity contribution in [3.63, 3.8) is 0 Å². The van der Waals surface area contributed by atoms with E-state index in [0.29, 0.717) is 23.0 Å². The number of carbonyl (C=O) groups is 2. The van der Waals surface area contributed by atoms with Gasteiger partial charge in [0.1, 0.15) is 5.70 Å². The Morgan fingerprint density at radius 1 is 0.955 bits per heavy atom. The summed E-state index contributed by atoms with van der Waals surface area (Å²) in [6, 6.07) is 16.3. The fraction of sp³-hybridized carbons (Fsp3) is 0.0588. The van der Waals surface area contributed by atoms with E-state index in [1.165, 1.54) is 6.08 Å². The van der Waals surface area contributed by atoms with Gasteiger partial charge in [-0.1, -0.05) is 41.9 Å². The number of benzene rings is 2. The number of imide groups is 1. The Kier molecular flexibility index (Phi) is 3.94. The number of carbonyl (C=O) groups excluding carboxylic acids is 2. The average Bonchev–Trinajstić information content (AvgIpc) is 2.82. The highest BCUT2D eigenvalue weighted by Gasteiger charge is 2.32. The minimum Gasteiger partial charge on any atom is -0.376 e. The molecule has 0 saturated heterocycles. The van der Waals surface area contributed by atoms with Gasteiger partial charge in [0, 0.05) is 17.6 Å². The van der Waals surface area contributed by atoms with E-state index in [1.54, 1.807) is 24.3 Å².